The van der Waals surface area contributed by atoms with E-state index in [0.29, 0.717) is 0 Å². The highest BCUT2D eigenvalue weighted by atomic mass is 19.1. The maximum Gasteiger partial charge on any atom is 0.267 e. The third kappa shape index (κ3) is 3.46. The van der Waals surface area contributed by atoms with E-state index >= 15 is 0 Å². The predicted molar refractivity (Wildman–Crippen MR) is 106 cm³/mol. The van der Waals surface area contributed by atoms with Crippen LogP contribution in [0, 0.1) is 23.7 Å². The van der Waals surface area contributed by atoms with E-state index in [1.165, 1.54) is 0 Å². The Kier molecular flexibility index (Phi) is 5.89. The van der Waals surface area contributed by atoms with E-state index in [2.05, 4.69) is 9.88 Å². The second kappa shape index (κ2) is 8.26. The van der Waals surface area contributed by atoms with Crippen LogP contribution < -0.4 is 5.73 Å². The summed E-state index contributed by atoms with van der Waals surface area (Å²) in [6.45, 7) is 0.837. The molecule has 1 aliphatic heterocycles. The average molecular weight is 408 g/mol. The molecule has 0 radical (unpaired) electrons. The zero-order chi connectivity index (χ0) is 20.6. The molecule has 160 valence electrons. The minimum absolute atomic E-state index is 0.155. The van der Waals surface area contributed by atoms with Crippen molar-refractivity contribution in [2.75, 3.05) is 33.5 Å². The summed E-state index contributed by atoms with van der Waals surface area (Å²) in [7, 11) is 1.75. The Labute approximate surface area is 171 Å². The standard InChI is InChI=1S/C22H31F2N3O2/c1-29-22(16-5-6-26-20(9-16)21(25)28)17-3-2-4-18(22)13-27(12-17)19-7-14(10-23)15(8-19)11-24/h5-6,9,14-15,17-19H,2-4,7-8,10-13H2,1H3,(H2,25,28). The van der Waals surface area contributed by atoms with Crippen LogP contribution in [0.1, 0.15) is 48.2 Å². The molecule has 2 saturated carbocycles. The molecule has 1 aromatic heterocycles. The molecule has 4 atom stereocenters. The van der Waals surface area contributed by atoms with Gasteiger partial charge in [0.05, 0.1) is 13.3 Å². The Bertz CT molecular complexity index is 721. The van der Waals surface area contributed by atoms with Gasteiger partial charge in [0, 0.05) is 44.3 Å². The van der Waals surface area contributed by atoms with Crippen molar-refractivity contribution in [2.24, 2.45) is 29.4 Å². The van der Waals surface area contributed by atoms with Gasteiger partial charge in [-0.3, -0.25) is 23.5 Å². The van der Waals surface area contributed by atoms with Gasteiger partial charge in [0.1, 0.15) is 11.3 Å². The van der Waals surface area contributed by atoms with Gasteiger partial charge in [-0.2, -0.15) is 0 Å². The molecule has 1 amide bonds. The molecular formula is C22H31F2N3O2. The molecule has 3 aliphatic rings. The van der Waals surface area contributed by atoms with Crippen molar-refractivity contribution in [2.45, 2.75) is 43.7 Å². The first-order chi connectivity index (χ1) is 14.0. The van der Waals surface area contributed by atoms with E-state index in [1.54, 1.807) is 19.4 Å². The number of carbonyl (C=O) groups is 1. The van der Waals surface area contributed by atoms with Crippen LogP contribution in [0.25, 0.3) is 0 Å². The number of primary amides is 1. The number of hydrogen-bond donors (Lipinski definition) is 1. The second-order valence-corrected chi connectivity index (χ2v) is 9.02. The first-order valence-corrected chi connectivity index (χ1v) is 10.7. The topological polar surface area (TPSA) is 68.5 Å². The van der Waals surface area contributed by atoms with Gasteiger partial charge in [0.25, 0.3) is 5.91 Å². The summed E-state index contributed by atoms with van der Waals surface area (Å²) in [5.41, 5.74) is 6.21. The number of aromatic nitrogens is 1. The van der Waals surface area contributed by atoms with Crippen molar-refractivity contribution in [1.29, 1.82) is 0 Å². The number of pyridine rings is 1. The third-order valence-electron chi connectivity index (χ3n) is 7.76. The molecule has 0 spiro atoms. The number of hydrogen-bond acceptors (Lipinski definition) is 4. The Morgan fingerprint density at radius 3 is 2.38 bits per heavy atom. The summed E-state index contributed by atoms with van der Waals surface area (Å²) in [6, 6.07) is 3.96. The maximum absolute atomic E-state index is 13.4. The summed E-state index contributed by atoms with van der Waals surface area (Å²) in [6.07, 6.45) is 6.32. The molecule has 2 heterocycles. The molecule has 2 bridgehead atoms. The Morgan fingerprint density at radius 1 is 1.24 bits per heavy atom. The number of rotatable bonds is 6. The lowest BCUT2D eigenvalue weighted by atomic mass is 9.62. The highest BCUT2D eigenvalue weighted by Gasteiger charge is 2.54. The number of ether oxygens (including phenoxy) is 1. The van der Waals surface area contributed by atoms with E-state index in [4.69, 9.17) is 10.5 Å². The molecule has 4 rings (SSSR count). The summed E-state index contributed by atoms with van der Waals surface area (Å²) in [5, 5.41) is 0. The summed E-state index contributed by atoms with van der Waals surface area (Å²) >= 11 is 0. The van der Waals surface area contributed by atoms with Crippen LogP contribution in [-0.2, 0) is 10.3 Å². The number of nitrogens with two attached hydrogens (primary N) is 1. The first-order valence-electron chi connectivity index (χ1n) is 10.7. The highest BCUT2D eigenvalue weighted by Crippen LogP contribution is 2.52. The smallest absolute Gasteiger partial charge is 0.267 e. The maximum atomic E-state index is 13.4. The minimum atomic E-state index is -0.541. The molecule has 2 N–H and O–H groups in total. The van der Waals surface area contributed by atoms with Gasteiger partial charge in [-0.25, -0.2) is 0 Å². The van der Waals surface area contributed by atoms with Crippen LogP contribution in [-0.4, -0.2) is 55.4 Å². The van der Waals surface area contributed by atoms with Crippen molar-refractivity contribution in [3.8, 4) is 0 Å². The van der Waals surface area contributed by atoms with E-state index in [-0.39, 0.29) is 35.4 Å². The molecule has 4 unspecified atom stereocenters. The number of methoxy groups -OCH3 is 1. The molecule has 2 aliphatic carbocycles. The number of halogens is 2. The van der Waals surface area contributed by atoms with Crippen LogP contribution >= 0.6 is 0 Å². The van der Waals surface area contributed by atoms with Gasteiger partial charge in [0.15, 0.2) is 0 Å². The first kappa shape index (κ1) is 20.7. The van der Waals surface area contributed by atoms with Crippen molar-refractivity contribution >= 4 is 5.91 Å². The van der Waals surface area contributed by atoms with Crippen LogP contribution in [0.15, 0.2) is 18.3 Å². The number of amides is 1. The quantitative estimate of drug-likeness (QED) is 0.787. The van der Waals surface area contributed by atoms with Gasteiger partial charge in [-0.1, -0.05) is 6.42 Å². The molecule has 1 aromatic rings. The number of alkyl halides is 2. The number of carbonyl (C=O) groups excluding carboxylic acids is 1. The summed E-state index contributed by atoms with van der Waals surface area (Å²) in [4.78, 5) is 18.2. The van der Waals surface area contributed by atoms with Crippen molar-refractivity contribution in [1.82, 2.24) is 9.88 Å². The Hall–Kier alpha value is -1.60. The number of nitrogens with zero attached hydrogens (tertiary/aromatic N) is 2. The average Bonchev–Trinajstić information content (AvgIpc) is 3.16. The van der Waals surface area contributed by atoms with Gasteiger partial charge in [-0.15, -0.1) is 0 Å². The Balaban J connectivity index is 1.61. The third-order valence-corrected chi connectivity index (χ3v) is 7.76. The van der Waals surface area contributed by atoms with E-state index in [1.807, 2.05) is 6.07 Å². The summed E-state index contributed by atoms with van der Waals surface area (Å²) in [5.74, 6) is -0.330. The fraction of sp³-hybridized carbons (Fsp3) is 0.727. The van der Waals surface area contributed by atoms with Gasteiger partial charge in [-0.05, 0) is 55.2 Å². The zero-order valence-corrected chi connectivity index (χ0v) is 17.0. The second-order valence-electron chi connectivity index (χ2n) is 9.02. The molecule has 1 saturated heterocycles. The molecule has 29 heavy (non-hydrogen) atoms. The minimum Gasteiger partial charge on any atom is -0.373 e. The largest absolute Gasteiger partial charge is 0.373 e. The predicted octanol–water partition coefficient (Wildman–Crippen LogP) is 3.09. The van der Waals surface area contributed by atoms with Crippen LogP contribution in [0.2, 0.25) is 0 Å². The fourth-order valence-corrected chi connectivity index (χ4v) is 6.35. The van der Waals surface area contributed by atoms with E-state index < -0.39 is 24.9 Å². The van der Waals surface area contributed by atoms with Crippen LogP contribution in [0.4, 0.5) is 8.78 Å². The van der Waals surface area contributed by atoms with Gasteiger partial charge >= 0.3 is 0 Å². The normalized spacial score (nSPS) is 37.6. The van der Waals surface area contributed by atoms with Gasteiger partial charge < -0.3 is 10.5 Å². The molecule has 3 fully saturated rings. The number of piperidine rings is 1. The molecule has 5 nitrogen and oxygen atoms in total. The Morgan fingerprint density at radius 2 is 1.86 bits per heavy atom. The number of likely N-dealkylation sites (tertiary alicyclic amines) is 1. The lowest BCUT2D eigenvalue weighted by Crippen LogP contribution is -2.60. The summed E-state index contributed by atoms with van der Waals surface area (Å²) < 4.78 is 33.0. The monoisotopic (exact) mass is 407 g/mol. The fourth-order valence-electron chi connectivity index (χ4n) is 6.35. The van der Waals surface area contributed by atoms with Crippen molar-refractivity contribution in [3.05, 3.63) is 29.6 Å². The zero-order valence-electron chi connectivity index (χ0n) is 17.0. The van der Waals surface area contributed by atoms with E-state index in [0.717, 1.165) is 50.8 Å². The molecule has 0 aromatic carbocycles. The van der Waals surface area contributed by atoms with E-state index in [9.17, 15) is 13.6 Å². The lowest BCUT2D eigenvalue weighted by molar-refractivity contribution is -0.174. The van der Waals surface area contributed by atoms with Gasteiger partial charge in [0.2, 0.25) is 0 Å². The molecular weight excluding hydrogens is 376 g/mol. The molecule has 7 heteroatoms. The highest BCUT2D eigenvalue weighted by molar-refractivity contribution is 5.90. The SMILES string of the molecule is COC1(c2ccnc(C(N)=O)c2)C2CCCC1CN(C1CC(CF)C(CF)C1)C2. The van der Waals surface area contributed by atoms with Crippen molar-refractivity contribution in [3.63, 3.8) is 0 Å². The number of fused-ring (bicyclic) bond motifs is 2. The van der Waals surface area contributed by atoms with Crippen LogP contribution in [0.5, 0.6) is 0 Å². The van der Waals surface area contributed by atoms with Crippen LogP contribution in [0.3, 0.4) is 0 Å². The van der Waals surface area contributed by atoms with Crippen molar-refractivity contribution < 1.29 is 18.3 Å². The lowest BCUT2D eigenvalue weighted by Gasteiger charge is -2.56.